The zero-order chi connectivity index (χ0) is 15.2. The molecule has 21 heavy (non-hydrogen) atoms. The van der Waals surface area contributed by atoms with Crippen molar-refractivity contribution >= 4 is 17.3 Å². The van der Waals surface area contributed by atoms with Gasteiger partial charge >= 0.3 is 0 Å². The van der Waals surface area contributed by atoms with E-state index in [0.29, 0.717) is 12.0 Å². The lowest BCUT2D eigenvalue weighted by molar-refractivity contribution is 0.244. The van der Waals surface area contributed by atoms with Gasteiger partial charge in [0.2, 0.25) is 0 Å². The van der Waals surface area contributed by atoms with Crippen LogP contribution >= 0.6 is 11.6 Å². The first kappa shape index (κ1) is 16.6. The van der Waals surface area contributed by atoms with Gasteiger partial charge in [-0.05, 0) is 37.3 Å². The largest absolute Gasteiger partial charge is 0.396 e. The van der Waals surface area contributed by atoms with Crippen molar-refractivity contribution in [1.82, 2.24) is 5.32 Å². The summed E-state index contributed by atoms with van der Waals surface area (Å²) in [7, 11) is 0. The SMILES string of the molecule is CC(C)NCc1c(Cl)cccc1N1CCCC(CCO)C1. The number of aliphatic hydroxyl groups is 1. The average molecular weight is 311 g/mol. The van der Waals surface area contributed by atoms with Gasteiger partial charge in [-0.1, -0.05) is 31.5 Å². The Hall–Kier alpha value is -0.770. The summed E-state index contributed by atoms with van der Waals surface area (Å²) in [6.45, 7) is 7.49. The number of hydrogen-bond donors (Lipinski definition) is 2. The lowest BCUT2D eigenvalue weighted by atomic mass is 9.94. The molecule has 0 aliphatic carbocycles. The zero-order valence-corrected chi connectivity index (χ0v) is 13.9. The highest BCUT2D eigenvalue weighted by molar-refractivity contribution is 6.31. The Morgan fingerprint density at radius 3 is 2.95 bits per heavy atom. The number of halogens is 1. The molecule has 1 heterocycles. The number of piperidine rings is 1. The number of aliphatic hydroxyl groups excluding tert-OH is 1. The van der Waals surface area contributed by atoms with E-state index in [1.54, 1.807) is 0 Å². The molecule has 1 saturated heterocycles. The van der Waals surface area contributed by atoms with Gasteiger partial charge in [0, 0.05) is 48.6 Å². The molecule has 0 aromatic heterocycles. The molecule has 1 atom stereocenters. The highest BCUT2D eigenvalue weighted by Gasteiger charge is 2.22. The third-order valence-electron chi connectivity index (χ3n) is 4.18. The minimum atomic E-state index is 0.288. The van der Waals surface area contributed by atoms with Gasteiger partial charge in [0.1, 0.15) is 0 Å². The van der Waals surface area contributed by atoms with Crippen LogP contribution in [-0.2, 0) is 6.54 Å². The van der Waals surface area contributed by atoms with Crippen molar-refractivity contribution in [3.8, 4) is 0 Å². The van der Waals surface area contributed by atoms with Gasteiger partial charge in [0.15, 0.2) is 0 Å². The topological polar surface area (TPSA) is 35.5 Å². The molecule has 1 fully saturated rings. The lowest BCUT2D eigenvalue weighted by Gasteiger charge is -2.35. The van der Waals surface area contributed by atoms with E-state index in [1.165, 1.54) is 24.1 Å². The number of rotatable bonds is 6. The van der Waals surface area contributed by atoms with E-state index in [4.69, 9.17) is 16.7 Å². The molecule has 118 valence electrons. The third kappa shape index (κ3) is 4.60. The first-order chi connectivity index (χ1) is 10.1. The van der Waals surface area contributed by atoms with Crippen molar-refractivity contribution in [2.75, 3.05) is 24.6 Å². The summed E-state index contributed by atoms with van der Waals surface area (Å²) in [5.74, 6) is 0.591. The fraction of sp³-hybridized carbons (Fsp3) is 0.647. The lowest BCUT2D eigenvalue weighted by Crippen LogP contribution is -2.37. The number of nitrogens with one attached hydrogen (secondary N) is 1. The molecule has 1 aromatic carbocycles. The standard InChI is InChI=1S/C17H27ClN2O/c1-13(2)19-11-15-16(18)6-3-7-17(15)20-9-4-5-14(12-20)8-10-21/h3,6-7,13-14,19,21H,4-5,8-12H2,1-2H3. The fourth-order valence-corrected chi connectivity index (χ4v) is 3.26. The van der Waals surface area contributed by atoms with E-state index in [0.717, 1.165) is 31.1 Å². The molecule has 1 aliphatic rings. The van der Waals surface area contributed by atoms with E-state index in [9.17, 15) is 0 Å². The van der Waals surface area contributed by atoms with Crippen LogP contribution in [0.3, 0.4) is 0 Å². The highest BCUT2D eigenvalue weighted by atomic mass is 35.5. The molecule has 0 saturated carbocycles. The van der Waals surface area contributed by atoms with Crippen LogP contribution in [0.2, 0.25) is 5.02 Å². The van der Waals surface area contributed by atoms with Crippen LogP contribution in [0.1, 0.15) is 38.7 Å². The first-order valence-electron chi connectivity index (χ1n) is 7.98. The van der Waals surface area contributed by atoms with Crippen LogP contribution in [0.25, 0.3) is 0 Å². The van der Waals surface area contributed by atoms with Gasteiger partial charge in [-0.2, -0.15) is 0 Å². The Bertz CT molecular complexity index is 448. The summed E-state index contributed by atoms with van der Waals surface area (Å²) >= 11 is 6.42. The van der Waals surface area contributed by atoms with Crippen molar-refractivity contribution in [2.24, 2.45) is 5.92 Å². The maximum atomic E-state index is 9.17. The normalized spacial score (nSPS) is 19.3. The number of benzene rings is 1. The predicted octanol–water partition coefficient (Wildman–Crippen LogP) is 3.44. The van der Waals surface area contributed by atoms with Crippen LogP contribution in [0.5, 0.6) is 0 Å². The second-order valence-corrected chi connectivity index (χ2v) is 6.65. The second-order valence-electron chi connectivity index (χ2n) is 6.24. The van der Waals surface area contributed by atoms with Crippen LogP contribution in [0, 0.1) is 5.92 Å². The Kier molecular flexibility index (Phi) is 6.34. The minimum Gasteiger partial charge on any atom is -0.396 e. The molecule has 0 spiro atoms. The monoisotopic (exact) mass is 310 g/mol. The number of anilines is 1. The second kappa shape index (κ2) is 8.02. The minimum absolute atomic E-state index is 0.288. The van der Waals surface area contributed by atoms with Crippen LogP contribution in [0.15, 0.2) is 18.2 Å². The summed E-state index contributed by atoms with van der Waals surface area (Å²) in [6.07, 6.45) is 3.31. The van der Waals surface area contributed by atoms with Crippen molar-refractivity contribution in [3.05, 3.63) is 28.8 Å². The Morgan fingerprint density at radius 2 is 2.24 bits per heavy atom. The summed E-state index contributed by atoms with van der Waals surface area (Å²) in [6, 6.07) is 6.62. The van der Waals surface area contributed by atoms with Crippen molar-refractivity contribution in [2.45, 2.75) is 45.7 Å². The maximum Gasteiger partial charge on any atom is 0.0471 e. The van der Waals surface area contributed by atoms with E-state index < -0.39 is 0 Å². The Labute approximate surface area is 133 Å². The molecule has 1 aromatic rings. The van der Waals surface area contributed by atoms with Crippen LogP contribution in [-0.4, -0.2) is 30.8 Å². The van der Waals surface area contributed by atoms with Gasteiger partial charge in [-0.15, -0.1) is 0 Å². The van der Waals surface area contributed by atoms with Crippen LogP contribution in [0.4, 0.5) is 5.69 Å². The van der Waals surface area contributed by atoms with Crippen LogP contribution < -0.4 is 10.2 Å². The third-order valence-corrected chi connectivity index (χ3v) is 4.53. The van der Waals surface area contributed by atoms with Gasteiger partial charge in [-0.3, -0.25) is 0 Å². The smallest absolute Gasteiger partial charge is 0.0471 e. The molecule has 3 nitrogen and oxygen atoms in total. The summed E-state index contributed by atoms with van der Waals surface area (Å²) in [5, 5.41) is 13.5. The molecule has 2 N–H and O–H groups in total. The average Bonchev–Trinajstić information content (AvgIpc) is 2.46. The van der Waals surface area contributed by atoms with Gasteiger partial charge < -0.3 is 15.3 Å². The van der Waals surface area contributed by atoms with Gasteiger partial charge in [0.05, 0.1) is 0 Å². The Morgan fingerprint density at radius 1 is 1.43 bits per heavy atom. The number of hydrogen-bond acceptors (Lipinski definition) is 3. The van der Waals surface area contributed by atoms with Crippen molar-refractivity contribution < 1.29 is 5.11 Å². The van der Waals surface area contributed by atoms with E-state index >= 15 is 0 Å². The molecule has 0 radical (unpaired) electrons. The van der Waals surface area contributed by atoms with Gasteiger partial charge in [0.25, 0.3) is 0 Å². The van der Waals surface area contributed by atoms with Crippen molar-refractivity contribution in [3.63, 3.8) is 0 Å². The van der Waals surface area contributed by atoms with E-state index in [2.05, 4.69) is 30.1 Å². The van der Waals surface area contributed by atoms with E-state index in [-0.39, 0.29) is 6.61 Å². The molecule has 0 bridgehead atoms. The van der Waals surface area contributed by atoms with E-state index in [1.807, 2.05) is 12.1 Å². The summed E-state index contributed by atoms with van der Waals surface area (Å²) in [5.41, 5.74) is 2.44. The fourth-order valence-electron chi connectivity index (χ4n) is 3.03. The summed E-state index contributed by atoms with van der Waals surface area (Å²) < 4.78 is 0. The molecule has 0 amide bonds. The summed E-state index contributed by atoms with van der Waals surface area (Å²) in [4.78, 5) is 2.44. The number of nitrogens with zero attached hydrogens (tertiary/aromatic N) is 1. The Balaban J connectivity index is 2.15. The molecule has 4 heteroatoms. The first-order valence-corrected chi connectivity index (χ1v) is 8.36. The predicted molar refractivity (Wildman–Crippen MR) is 90.1 cm³/mol. The highest BCUT2D eigenvalue weighted by Crippen LogP contribution is 2.31. The molecule has 1 aliphatic heterocycles. The quantitative estimate of drug-likeness (QED) is 0.845. The zero-order valence-electron chi connectivity index (χ0n) is 13.1. The maximum absolute atomic E-state index is 9.17. The molecule has 1 unspecified atom stereocenters. The molecular weight excluding hydrogens is 284 g/mol. The molecule has 2 rings (SSSR count). The molecular formula is C17H27ClN2O. The van der Waals surface area contributed by atoms with Gasteiger partial charge in [-0.25, -0.2) is 0 Å². The van der Waals surface area contributed by atoms with Crippen molar-refractivity contribution in [1.29, 1.82) is 0 Å².